The highest BCUT2D eigenvalue weighted by molar-refractivity contribution is 5.33. The number of ether oxygens (including phenoxy) is 1. The van der Waals surface area contributed by atoms with Gasteiger partial charge in [0.1, 0.15) is 5.75 Å². The van der Waals surface area contributed by atoms with Crippen molar-refractivity contribution in [3.05, 3.63) is 29.8 Å². The molecule has 2 heteroatoms. The minimum absolute atomic E-state index is 0.0613. The molecule has 1 N–H and O–H groups in total. The lowest BCUT2D eigenvalue weighted by Gasteiger charge is -2.28. The Morgan fingerprint density at radius 1 is 1.10 bits per heavy atom. The standard InChI is InChI=1S/C19H30O2/c1-2-3-4-8-15-19(17-13-9-10-14-18(17)20)21-16-11-6-5-7-12-16/h9-10,13-14,16,19-20H,2-8,11-12,15H2,1H3. The molecule has 1 unspecified atom stereocenters. The van der Waals surface area contributed by atoms with Crippen LogP contribution < -0.4 is 0 Å². The number of rotatable bonds is 8. The van der Waals surface area contributed by atoms with Crippen molar-refractivity contribution < 1.29 is 9.84 Å². The zero-order valence-electron chi connectivity index (χ0n) is 13.4. The van der Waals surface area contributed by atoms with Crippen molar-refractivity contribution in [1.82, 2.24) is 0 Å². The van der Waals surface area contributed by atoms with Crippen LogP contribution in [0.25, 0.3) is 0 Å². The fraction of sp³-hybridized carbons (Fsp3) is 0.684. The average Bonchev–Trinajstić information content (AvgIpc) is 2.52. The maximum absolute atomic E-state index is 10.1. The molecule has 1 aliphatic rings. The summed E-state index contributed by atoms with van der Waals surface area (Å²) in [5, 5.41) is 10.1. The first kappa shape index (κ1) is 16.4. The third kappa shape index (κ3) is 5.35. The molecule has 1 aliphatic carbocycles. The van der Waals surface area contributed by atoms with Crippen LogP contribution in [0.2, 0.25) is 0 Å². The highest BCUT2D eigenvalue weighted by Gasteiger charge is 2.22. The van der Waals surface area contributed by atoms with Crippen LogP contribution in [0.3, 0.4) is 0 Å². The number of phenols is 1. The van der Waals surface area contributed by atoms with Gasteiger partial charge in [0, 0.05) is 5.56 Å². The molecule has 1 fully saturated rings. The van der Waals surface area contributed by atoms with Crippen LogP contribution in [0.15, 0.2) is 24.3 Å². The molecule has 0 amide bonds. The van der Waals surface area contributed by atoms with E-state index >= 15 is 0 Å². The summed E-state index contributed by atoms with van der Waals surface area (Å²) >= 11 is 0. The first-order chi connectivity index (χ1) is 10.3. The minimum atomic E-state index is 0.0613. The van der Waals surface area contributed by atoms with Crippen LogP contribution in [0, 0.1) is 0 Å². The molecule has 1 aromatic carbocycles. The lowest BCUT2D eigenvalue weighted by atomic mass is 9.96. The zero-order chi connectivity index (χ0) is 14.9. The summed E-state index contributed by atoms with van der Waals surface area (Å²) in [4.78, 5) is 0. The van der Waals surface area contributed by atoms with Crippen molar-refractivity contribution in [2.75, 3.05) is 0 Å². The molecule has 118 valence electrons. The molecule has 1 saturated carbocycles. The van der Waals surface area contributed by atoms with Gasteiger partial charge in [-0.1, -0.05) is 70.1 Å². The Hall–Kier alpha value is -1.02. The highest BCUT2D eigenvalue weighted by atomic mass is 16.5. The van der Waals surface area contributed by atoms with Crippen molar-refractivity contribution in [3.8, 4) is 5.75 Å². The summed E-state index contributed by atoms with van der Waals surface area (Å²) in [5.74, 6) is 0.383. The van der Waals surface area contributed by atoms with E-state index in [0.717, 1.165) is 12.0 Å². The van der Waals surface area contributed by atoms with Gasteiger partial charge in [-0.05, 0) is 25.3 Å². The lowest BCUT2D eigenvalue weighted by molar-refractivity contribution is -0.0371. The van der Waals surface area contributed by atoms with Gasteiger partial charge < -0.3 is 9.84 Å². The molecular formula is C19H30O2. The highest BCUT2D eigenvalue weighted by Crippen LogP contribution is 2.34. The van der Waals surface area contributed by atoms with Crippen LogP contribution in [-0.4, -0.2) is 11.2 Å². The average molecular weight is 290 g/mol. The maximum atomic E-state index is 10.1. The van der Waals surface area contributed by atoms with Gasteiger partial charge in [-0.3, -0.25) is 0 Å². The normalized spacial score (nSPS) is 17.8. The van der Waals surface area contributed by atoms with Gasteiger partial charge in [-0.25, -0.2) is 0 Å². The molecule has 1 aromatic rings. The molecule has 0 bridgehead atoms. The van der Waals surface area contributed by atoms with Crippen molar-refractivity contribution in [2.45, 2.75) is 83.3 Å². The van der Waals surface area contributed by atoms with E-state index in [1.807, 2.05) is 18.2 Å². The van der Waals surface area contributed by atoms with Crippen LogP contribution in [0.4, 0.5) is 0 Å². The van der Waals surface area contributed by atoms with E-state index in [9.17, 15) is 5.11 Å². The fourth-order valence-corrected chi connectivity index (χ4v) is 3.25. The van der Waals surface area contributed by atoms with E-state index in [1.165, 1.54) is 57.8 Å². The first-order valence-electron chi connectivity index (χ1n) is 8.74. The second-order valence-corrected chi connectivity index (χ2v) is 6.29. The Kier molecular flexibility index (Phi) is 7.08. The van der Waals surface area contributed by atoms with Gasteiger partial charge in [0.15, 0.2) is 0 Å². The minimum Gasteiger partial charge on any atom is -0.508 e. The largest absolute Gasteiger partial charge is 0.508 e. The Balaban J connectivity index is 1.97. The van der Waals surface area contributed by atoms with Gasteiger partial charge in [0.05, 0.1) is 12.2 Å². The smallest absolute Gasteiger partial charge is 0.121 e. The predicted molar refractivity (Wildman–Crippen MR) is 87.6 cm³/mol. The van der Waals surface area contributed by atoms with Crippen LogP contribution in [0.1, 0.15) is 82.8 Å². The van der Waals surface area contributed by atoms with Crippen molar-refractivity contribution >= 4 is 0 Å². The second-order valence-electron chi connectivity index (χ2n) is 6.29. The lowest BCUT2D eigenvalue weighted by Crippen LogP contribution is -2.20. The van der Waals surface area contributed by atoms with E-state index < -0.39 is 0 Å². The summed E-state index contributed by atoms with van der Waals surface area (Å²) < 4.78 is 6.38. The summed E-state index contributed by atoms with van der Waals surface area (Å²) in [7, 11) is 0. The van der Waals surface area contributed by atoms with Crippen LogP contribution >= 0.6 is 0 Å². The van der Waals surface area contributed by atoms with Gasteiger partial charge in [-0.2, -0.15) is 0 Å². The van der Waals surface area contributed by atoms with Crippen molar-refractivity contribution in [1.29, 1.82) is 0 Å². The molecule has 2 nitrogen and oxygen atoms in total. The molecule has 2 rings (SSSR count). The van der Waals surface area contributed by atoms with Gasteiger partial charge in [0.25, 0.3) is 0 Å². The molecule has 0 saturated heterocycles. The summed E-state index contributed by atoms with van der Waals surface area (Å²) in [6.07, 6.45) is 12.7. The van der Waals surface area contributed by atoms with E-state index in [1.54, 1.807) is 6.07 Å². The first-order valence-corrected chi connectivity index (χ1v) is 8.74. The Bertz CT molecular complexity index is 396. The molecule has 0 aliphatic heterocycles. The number of para-hydroxylation sites is 1. The zero-order valence-corrected chi connectivity index (χ0v) is 13.4. The Labute approximate surface area is 129 Å². The van der Waals surface area contributed by atoms with Crippen LogP contribution in [-0.2, 0) is 4.74 Å². The SMILES string of the molecule is CCCCCCC(OC1CCCCC1)c1ccccc1O. The Morgan fingerprint density at radius 3 is 2.57 bits per heavy atom. The van der Waals surface area contributed by atoms with E-state index in [2.05, 4.69) is 6.92 Å². The molecule has 0 spiro atoms. The topological polar surface area (TPSA) is 29.5 Å². The van der Waals surface area contributed by atoms with E-state index in [4.69, 9.17) is 4.74 Å². The third-order valence-electron chi connectivity index (χ3n) is 4.51. The summed E-state index contributed by atoms with van der Waals surface area (Å²) in [5.41, 5.74) is 0.972. The third-order valence-corrected chi connectivity index (χ3v) is 4.51. The predicted octanol–water partition coefficient (Wildman–Crippen LogP) is 5.75. The van der Waals surface area contributed by atoms with Crippen molar-refractivity contribution in [3.63, 3.8) is 0 Å². The number of hydrogen-bond donors (Lipinski definition) is 1. The van der Waals surface area contributed by atoms with Crippen molar-refractivity contribution in [2.24, 2.45) is 0 Å². The summed E-state index contributed by atoms with van der Waals surface area (Å²) in [6, 6.07) is 7.67. The van der Waals surface area contributed by atoms with Crippen LogP contribution in [0.5, 0.6) is 5.75 Å². The molecule has 21 heavy (non-hydrogen) atoms. The monoisotopic (exact) mass is 290 g/mol. The van der Waals surface area contributed by atoms with E-state index in [-0.39, 0.29) is 6.10 Å². The molecule has 1 atom stereocenters. The quantitative estimate of drug-likeness (QED) is 0.617. The second kappa shape index (κ2) is 9.09. The number of aromatic hydroxyl groups is 1. The maximum Gasteiger partial charge on any atom is 0.121 e. The molecular weight excluding hydrogens is 260 g/mol. The molecule has 0 aromatic heterocycles. The number of phenolic OH excluding ortho intramolecular Hbond substituents is 1. The number of hydrogen-bond acceptors (Lipinski definition) is 2. The Morgan fingerprint density at radius 2 is 1.86 bits per heavy atom. The fourth-order valence-electron chi connectivity index (χ4n) is 3.25. The van der Waals surface area contributed by atoms with E-state index in [0.29, 0.717) is 11.9 Å². The van der Waals surface area contributed by atoms with Gasteiger partial charge >= 0.3 is 0 Å². The molecule has 0 radical (unpaired) electrons. The summed E-state index contributed by atoms with van der Waals surface area (Å²) in [6.45, 7) is 2.24. The number of benzene rings is 1. The molecule has 0 heterocycles. The number of unbranched alkanes of at least 4 members (excludes halogenated alkanes) is 3. The van der Waals surface area contributed by atoms with Gasteiger partial charge in [-0.15, -0.1) is 0 Å². The van der Waals surface area contributed by atoms with Gasteiger partial charge in [0.2, 0.25) is 0 Å².